The van der Waals surface area contributed by atoms with Crippen LogP contribution in [0.4, 0.5) is 17.3 Å². The molecule has 0 spiro atoms. The van der Waals surface area contributed by atoms with E-state index in [1.807, 2.05) is 24.3 Å². The number of hydrogen-bond acceptors (Lipinski definition) is 6. The minimum atomic E-state index is -0.0621. The largest absolute Gasteiger partial charge is 0.383 e. The maximum absolute atomic E-state index is 12.4. The molecular formula is C21H22N6OS. The van der Waals surface area contributed by atoms with Crippen molar-refractivity contribution >= 4 is 56.8 Å². The van der Waals surface area contributed by atoms with Gasteiger partial charge in [0.2, 0.25) is 5.91 Å². The van der Waals surface area contributed by atoms with Crippen molar-refractivity contribution in [2.45, 2.75) is 25.0 Å². The van der Waals surface area contributed by atoms with E-state index in [1.54, 1.807) is 0 Å². The third-order valence-electron chi connectivity index (χ3n) is 4.68. The summed E-state index contributed by atoms with van der Waals surface area (Å²) < 4.78 is 2.28. The predicted molar refractivity (Wildman–Crippen MR) is 120 cm³/mol. The van der Waals surface area contributed by atoms with E-state index in [4.69, 9.17) is 11.5 Å². The number of amides is 1. The molecule has 148 valence electrons. The zero-order valence-electron chi connectivity index (χ0n) is 16.1. The molecule has 2 heterocycles. The van der Waals surface area contributed by atoms with Gasteiger partial charge in [-0.15, -0.1) is 0 Å². The fourth-order valence-electron chi connectivity index (χ4n) is 3.46. The van der Waals surface area contributed by atoms with Crippen LogP contribution in [0, 0.1) is 0 Å². The van der Waals surface area contributed by atoms with Gasteiger partial charge in [-0.3, -0.25) is 4.79 Å². The highest BCUT2D eigenvalue weighted by Crippen LogP contribution is 2.31. The lowest BCUT2D eigenvalue weighted by Crippen LogP contribution is -2.12. The Morgan fingerprint density at radius 2 is 1.76 bits per heavy atom. The summed E-state index contributed by atoms with van der Waals surface area (Å²) >= 11 is 1.35. The number of rotatable bonds is 6. The first kappa shape index (κ1) is 19.1. The summed E-state index contributed by atoms with van der Waals surface area (Å²) in [5.74, 6) is 1.12. The minimum absolute atomic E-state index is 0.0621. The van der Waals surface area contributed by atoms with Gasteiger partial charge in [0.25, 0.3) is 0 Å². The van der Waals surface area contributed by atoms with Gasteiger partial charge in [0.15, 0.2) is 5.16 Å². The average molecular weight is 407 g/mol. The number of aromatic nitrogens is 3. The molecule has 0 saturated heterocycles. The van der Waals surface area contributed by atoms with E-state index in [-0.39, 0.29) is 5.91 Å². The molecule has 29 heavy (non-hydrogen) atoms. The lowest BCUT2D eigenvalue weighted by Gasteiger charge is -2.07. The number of nitrogens with two attached hydrogens (primary N) is 2. The summed E-state index contributed by atoms with van der Waals surface area (Å²) in [6.07, 6.45) is 0.331. The summed E-state index contributed by atoms with van der Waals surface area (Å²) in [5.41, 5.74) is 14.5. The molecule has 0 radical (unpaired) electrons. The van der Waals surface area contributed by atoms with Crippen molar-refractivity contribution in [3.8, 4) is 0 Å². The van der Waals surface area contributed by atoms with Crippen LogP contribution in [0.25, 0.3) is 21.8 Å². The number of benzene rings is 2. The van der Waals surface area contributed by atoms with Crippen LogP contribution >= 0.6 is 11.8 Å². The molecule has 2 aromatic heterocycles. The van der Waals surface area contributed by atoms with Gasteiger partial charge < -0.3 is 21.4 Å². The first-order valence-corrected chi connectivity index (χ1v) is 10.4. The third-order valence-corrected chi connectivity index (χ3v) is 5.53. The fourth-order valence-corrected chi connectivity index (χ4v) is 4.27. The van der Waals surface area contributed by atoms with Crippen LogP contribution in [0.1, 0.15) is 13.3 Å². The Hall–Kier alpha value is -3.26. The number of hydrogen-bond donors (Lipinski definition) is 3. The Kier molecular flexibility index (Phi) is 5.26. The molecule has 7 nitrogen and oxygen atoms in total. The molecule has 2 aromatic carbocycles. The summed E-state index contributed by atoms with van der Waals surface area (Å²) in [5, 5.41) is 5.78. The van der Waals surface area contributed by atoms with E-state index in [0.717, 1.165) is 17.6 Å². The van der Waals surface area contributed by atoms with Gasteiger partial charge in [-0.25, -0.2) is 9.97 Å². The molecule has 1 amide bonds. The standard InChI is InChI=1S/C21H22N6OS/c1-2-27-16-6-4-3-5-14(16)15-11-13(7-8-17(15)27)24-20(28)9-10-29-21-25-18(22)12-19(23)26-21/h3-8,11-12H,2,9-10H2,1H3,(H,24,28)(H4,22,23,25,26). The molecule has 0 atom stereocenters. The maximum Gasteiger partial charge on any atom is 0.225 e. The predicted octanol–water partition coefficient (Wildman–Crippen LogP) is 3.89. The van der Waals surface area contributed by atoms with Crippen LogP contribution in [0.15, 0.2) is 53.7 Å². The van der Waals surface area contributed by atoms with Crippen LogP contribution in [0.2, 0.25) is 0 Å². The van der Waals surface area contributed by atoms with Crippen molar-refractivity contribution < 1.29 is 4.79 Å². The van der Waals surface area contributed by atoms with Gasteiger partial charge in [0, 0.05) is 52.3 Å². The molecule has 0 aliphatic carbocycles. The zero-order valence-corrected chi connectivity index (χ0v) is 16.9. The highest BCUT2D eigenvalue weighted by Gasteiger charge is 2.11. The second kappa shape index (κ2) is 8.00. The Balaban J connectivity index is 1.46. The van der Waals surface area contributed by atoms with E-state index in [1.165, 1.54) is 34.2 Å². The van der Waals surface area contributed by atoms with Crippen molar-refractivity contribution in [2.75, 3.05) is 22.5 Å². The third kappa shape index (κ3) is 3.97. The van der Waals surface area contributed by atoms with Crippen LogP contribution in [-0.2, 0) is 11.3 Å². The Morgan fingerprint density at radius 3 is 2.52 bits per heavy atom. The summed E-state index contributed by atoms with van der Waals surface area (Å²) in [6.45, 7) is 3.03. The number of anilines is 3. The molecule has 5 N–H and O–H groups in total. The first-order valence-electron chi connectivity index (χ1n) is 9.39. The van der Waals surface area contributed by atoms with E-state index in [2.05, 4.69) is 45.0 Å². The normalized spacial score (nSPS) is 11.2. The number of carbonyl (C=O) groups excluding carboxylic acids is 1. The second-order valence-electron chi connectivity index (χ2n) is 6.64. The van der Waals surface area contributed by atoms with E-state index >= 15 is 0 Å². The van der Waals surface area contributed by atoms with E-state index in [0.29, 0.717) is 29.0 Å². The number of fused-ring (bicyclic) bond motifs is 3. The first-order chi connectivity index (χ1) is 14.0. The number of carbonyl (C=O) groups is 1. The lowest BCUT2D eigenvalue weighted by molar-refractivity contribution is -0.115. The fraction of sp³-hybridized carbons (Fsp3) is 0.190. The molecule has 0 aliphatic rings. The average Bonchev–Trinajstić information content (AvgIpc) is 3.00. The molecule has 0 fully saturated rings. The van der Waals surface area contributed by atoms with Crippen LogP contribution in [0.5, 0.6) is 0 Å². The molecule has 8 heteroatoms. The SMILES string of the molecule is CCn1c2ccccc2c2cc(NC(=O)CCSc3nc(N)cc(N)n3)ccc21. The van der Waals surface area contributed by atoms with E-state index in [9.17, 15) is 4.79 Å². The van der Waals surface area contributed by atoms with E-state index < -0.39 is 0 Å². The van der Waals surface area contributed by atoms with Gasteiger partial charge in [0.05, 0.1) is 0 Å². The van der Waals surface area contributed by atoms with Gasteiger partial charge >= 0.3 is 0 Å². The molecule has 0 saturated carbocycles. The molecule has 0 aliphatic heterocycles. The number of nitrogens with zero attached hydrogens (tertiary/aromatic N) is 3. The molecule has 0 unspecified atom stereocenters. The highest BCUT2D eigenvalue weighted by molar-refractivity contribution is 7.99. The van der Waals surface area contributed by atoms with Crippen molar-refractivity contribution in [1.82, 2.24) is 14.5 Å². The van der Waals surface area contributed by atoms with Crippen molar-refractivity contribution in [1.29, 1.82) is 0 Å². The molecule has 4 rings (SSSR count). The summed E-state index contributed by atoms with van der Waals surface area (Å²) in [4.78, 5) is 20.6. The zero-order chi connectivity index (χ0) is 20.4. The highest BCUT2D eigenvalue weighted by atomic mass is 32.2. The quantitative estimate of drug-likeness (QED) is 0.331. The molecular weight excluding hydrogens is 384 g/mol. The Labute approximate surface area is 172 Å². The molecule has 0 bridgehead atoms. The Bertz CT molecular complexity index is 1180. The summed E-state index contributed by atoms with van der Waals surface area (Å²) in [6, 6.07) is 15.9. The number of thioether (sulfide) groups is 1. The van der Waals surface area contributed by atoms with Crippen molar-refractivity contribution in [3.05, 3.63) is 48.5 Å². The Morgan fingerprint density at radius 1 is 1.03 bits per heavy atom. The minimum Gasteiger partial charge on any atom is -0.383 e. The number of aryl methyl sites for hydroxylation is 1. The van der Waals surface area contributed by atoms with Gasteiger partial charge in [-0.05, 0) is 31.2 Å². The smallest absolute Gasteiger partial charge is 0.225 e. The van der Waals surface area contributed by atoms with Crippen LogP contribution in [-0.4, -0.2) is 26.2 Å². The molecule has 4 aromatic rings. The van der Waals surface area contributed by atoms with Gasteiger partial charge in [-0.2, -0.15) is 0 Å². The number of para-hydroxylation sites is 1. The van der Waals surface area contributed by atoms with Gasteiger partial charge in [0.1, 0.15) is 11.6 Å². The monoisotopic (exact) mass is 406 g/mol. The van der Waals surface area contributed by atoms with Crippen molar-refractivity contribution in [2.24, 2.45) is 0 Å². The van der Waals surface area contributed by atoms with Crippen molar-refractivity contribution in [3.63, 3.8) is 0 Å². The number of nitrogen functional groups attached to an aromatic ring is 2. The maximum atomic E-state index is 12.4. The van der Waals surface area contributed by atoms with Crippen LogP contribution < -0.4 is 16.8 Å². The lowest BCUT2D eigenvalue weighted by atomic mass is 10.1. The topological polar surface area (TPSA) is 112 Å². The van der Waals surface area contributed by atoms with Gasteiger partial charge in [-0.1, -0.05) is 30.0 Å². The second-order valence-corrected chi connectivity index (χ2v) is 7.70. The number of nitrogens with one attached hydrogen (secondary N) is 1. The van der Waals surface area contributed by atoms with Crippen LogP contribution in [0.3, 0.4) is 0 Å². The summed E-state index contributed by atoms with van der Waals surface area (Å²) in [7, 11) is 0.